The van der Waals surface area contributed by atoms with Crippen LogP contribution in [0.3, 0.4) is 0 Å². The standard InChI is InChI=1S/C39H75NO3S/c1-4-6-8-10-12-14-16-18-20-22-24-26-28-30-32-34-36-38(39(41)40-44(3,42)43)37-35-33-31-29-27-25-23-21-19-17-15-13-11-9-7-5-2/h18-21,38H,4-17,22-37H2,1-3H3,(H,40,41)/b20-18-,21-19-. The quantitative estimate of drug-likeness (QED) is 0.0564. The van der Waals surface area contributed by atoms with E-state index < -0.39 is 10.0 Å². The molecular weight excluding hydrogens is 563 g/mol. The fourth-order valence-corrected chi connectivity index (χ4v) is 6.48. The molecule has 1 amide bonds. The lowest BCUT2D eigenvalue weighted by Crippen LogP contribution is -2.35. The number of nitrogens with one attached hydrogen (secondary N) is 1. The van der Waals surface area contributed by atoms with Crippen LogP contribution in [0.15, 0.2) is 24.3 Å². The molecule has 0 aromatic rings. The average Bonchev–Trinajstić information content (AvgIpc) is 2.98. The number of allylic oxidation sites excluding steroid dienone is 4. The van der Waals surface area contributed by atoms with E-state index in [9.17, 15) is 13.2 Å². The zero-order valence-corrected chi connectivity index (χ0v) is 30.5. The number of carbonyl (C=O) groups is 1. The number of rotatable bonds is 34. The molecule has 0 rings (SSSR count). The Bertz CT molecular complexity index is 732. The van der Waals surface area contributed by atoms with Crippen molar-refractivity contribution in [1.82, 2.24) is 4.72 Å². The van der Waals surface area contributed by atoms with Gasteiger partial charge in [0.1, 0.15) is 0 Å². The molecular formula is C39H75NO3S. The first kappa shape index (κ1) is 42.9. The summed E-state index contributed by atoms with van der Waals surface area (Å²) >= 11 is 0. The molecule has 0 radical (unpaired) electrons. The third-order valence-electron chi connectivity index (χ3n) is 8.79. The van der Waals surface area contributed by atoms with Gasteiger partial charge in [-0.25, -0.2) is 8.42 Å². The van der Waals surface area contributed by atoms with Gasteiger partial charge in [0.25, 0.3) is 0 Å². The van der Waals surface area contributed by atoms with Crippen molar-refractivity contribution in [3.63, 3.8) is 0 Å². The molecule has 0 atom stereocenters. The minimum absolute atomic E-state index is 0.182. The summed E-state index contributed by atoms with van der Waals surface area (Å²) in [6.07, 6.45) is 47.7. The Morgan fingerprint density at radius 3 is 1.05 bits per heavy atom. The zero-order valence-electron chi connectivity index (χ0n) is 29.7. The average molecular weight is 638 g/mol. The molecule has 0 saturated carbocycles. The number of hydrogen-bond donors (Lipinski definition) is 1. The predicted molar refractivity (Wildman–Crippen MR) is 195 cm³/mol. The van der Waals surface area contributed by atoms with Crippen LogP contribution in [0.5, 0.6) is 0 Å². The normalized spacial score (nSPS) is 12.3. The van der Waals surface area contributed by atoms with E-state index in [1.165, 1.54) is 154 Å². The van der Waals surface area contributed by atoms with Crippen LogP contribution >= 0.6 is 0 Å². The SMILES string of the molecule is CCCCCCCC/C=C\CCCCCCCCC(CCCCCCCC/C=C\CCCCCCCC)C(=O)NS(C)(=O)=O. The summed E-state index contributed by atoms with van der Waals surface area (Å²) in [4.78, 5) is 12.6. The molecule has 0 fully saturated rings. The van der Waals surface area contributed by atoms with Gasteiger partial charge in [-0.15, -0.1) is 0 Å². The smallest absolute Gasteiger partial charge is 0.236 e. The maximum absolute atomic E-state index is 12.6. The second-order valence-corrected chi connectivity index (χ2v) is 15.1. The molecule has 0 saturated heterocycles. The Kier molecular flexibility index (Phi) is 32.4. The van der Waals surface area contributed by atoms with Gasteiger partial charge in [-0.05, 0) is 64.2 Å². The second-order valence-electron chi connectivity index (χ2n) is 13.4. The van der Waals surface area contributed by atoms with Crippen LogP contribution in [-0.2, 0) is 14.8 Å². The van der Waals surface area contributed by atoms with Gasteiger partial charge >= 0.3 is 0 Å². The van der Waals surface area contributed by atoms with Crippen LogP contribution in [0.1, 0.15) is 206 Å². The van der Waals surface area contributed by atoms with Gasteiger partial charge in [0.15, 0.2) is 0 Å². The van der Waals surface area contributed by atoms with E-state index in [4.69, 9.17) is 0 Å². The highest BCUT2D eigenvalue weighted by atomic mass is 32.2. The molecule has 1 N–H and O–H groups in total. The number of unbranched alkanes of at least 4 members (excludes halogenated alkanes) is 24. The van der Waals surface area contributed by atoms with Crippen molar-refractivity contribution >= 4 is 15.9 Å². The van der Waals surface area contributed by atoms with Crippen LogP contribution in [0.4, 0.5) is 0 Å². The topological polar surface area (TPSA) is 63.2 Å². The zero-order chi connectivity index (χ0) is 32.4. The van der Waals surface area contributed by atoms with Crippen molar-refractivity contribution in [2.45, 2.75) is 206 Å². The van der Waals surface area contributed by atoms with Crippen LogP contribution < -0.4 is 4.72 Å². The number of amides is 1. The molecule has 0 aliphatic heterocycles. The maximum atomic E-state index is 12.6. The molecule has 0 aromatic heterocycles. The van der Waals surface area contributed by atoms with Gasteiger partial charge in [0.2, 0.25) is 15.9 Å². The van der Waals surface area contributed by atoms with Crippen LogP contribution in [-0.4, -0.2) is 20.6 Å². The first-order valence-corrected chi connectivity index (χ1v) is 21.1. The predicted octanol–water partition coefficient (Wildman–Crippen LogP) is 12.5. The third-order valence-corrected chi connectivity index (χ3v) is 9.36. The number of hydrogen-bond acceptors (Lipinski definition) is 3. The largest absolute Gasteiger partial charge is 0.274 e. The van der Waals surface area contributed by atoms with Gasteiger partial charge in [-0.2, -0.15) is 0 Å². The summed E-state index contributed by atoms with van der Waals surface area (Å²) in [5.74, 6) is -0.480. The van der Waals surface area contributed by atoms with E-state index in [0.29, 0.717) is 0 Å². The summed E-state index contributed by atoms with van der Waals surface area (Å²) in [7, 11) is -3.50. The molecule has 4 nitrogen and oxygen atoms in total. The number of carbonyl (C=O) groups excluding carboxylic acids is 1. The highest BCUT2D eigenvalue weighted by molar-refractivity contribution is 7.89. The first-order chi connectivity index (χ1) is 21.4. The second kappa shape index (κ2) is 33.3. The van der Waals surface area contributed by atoms with E-state index >= 15 is 0 Å². The molecule has 0 aliphatic carbocycles. The van der Waals surface area contributed by atoms with Crippen molar-refractivity contribution < 1.29 is 13.2 Å². The van der Waals surface area contributed by atoms with Gasteiger partial charge < -0.3 is 0 Å². The lowest BCUT2D eigenvalue weighted by atomic mass is 9.93. The van der Waals surface area contributed by atoms with E-state index in [1.807, 2.05) is 0 Å². The molecule has 44 heavy (non-hydrogen) atoms. The molecule has 0 heterocycles. The Labute approximate surface area is 276 Å². The summed E-state index contributed by atoms with van der Waals surface area (Å²) in [6.45, 7) is 4.54. The monoisotopic (exact) mass is 638 g/mol. The van der Waals surface area contributed by atoms with Crippen LogP contribution in [0.2, 0.25) is 0 Å². The first-order valence-electron chi connectivity index (χ1n) is 19.2. The minimum Gasteiger partial charge on any atom is -0.274 e. The van der Waals surface area contributed by atoms with Crippen molar-refractivity contribution in [2.24, 2.45) is 5.92 Å². The Morgan fingerprint density at radius 2 is 0.750 bits per heavy atom. The molecule has 0 aromatic carbocycles. The summed E-state index contributed by atoms with van der Waals surface area (Å²) in [6, 6.07) is 0. The Hall–Kier alpha value is -1.10. The van der Waals surface area contributed by atoms with Gasteiger partial charge in [0.05, 0.1) is 6.26 Å². The lowest BCUT2D eigenvalue weighted by Gasteiger charge is -2.16. The van der Waals surface area contributed by atoms with Gasteiger partial charge in [-0.1, -0.05) is 167 Å². The fourth-order valence-electron chi connectivity index (χ4n) is 5.95. The molecule has 5 heteroatoms. The van der Waals surface area contributed by atoms with Crippen molar-refractivity contribution in [1.29, 1.82) is 0 Å². The van der Waals surface area contributed by atoms with Crippen molar-refractivity contribution in [3.8, 4) is 0 Å². The van der Waals surface area contributed by atoms with E-state index in [2.05, 4.69) is 42.9 Å². The molecule has 0 bridgehead atoms. The van der Waals surface area contributed by atoms with Gasteiger partial charge in [0, 0.05) is 5.92 Å². The summed E-state index contributed by atoms with van der Waals surface area (Å²) in [5, 5.41) is 0. The highest BCUT2D eigenvalue weighted by Crippen LogP contribution is 2.20. The summed E-state index contributed by atoms with van der Waals surface area (Å²) in [5.41, 5.74) is 0. The Morgan fingerprint density at radius 1 is 0.477 bits per heavy atom. The maximum Gasteiger partial charge on any atom is 0.236 e. The lowest BCUT2D eigenvalue weighted by molar-refractivity contribution is -0.123. The van der Waals surface area contributed by atoms with E-state index in [0.717, 1.165) is 44.8 Å². The van der Waals surface area contributed by atoms with Gasteiger partial charge in [-0.3, -0.25) is 9.52 Å². The fraction of sp³-hybridized carbons (Fsp3) is 0.872. The van der Waals surface area contributed by atoms with E-state index in [-0.39, 0.29) is 11.8 Å². The highest BCUT2D eigenvalue weighted by Gasteiger charge is 2.20. The van der Waals surface area contributed by atoms with Crippen LogP contribution in [0, 0.1) is 5.92 Å². The Balaban J connectivity index is 3.89. The number of sulfonamides is 1. The molecule has 260 valence electrons. The third kappa shape index (κ3) is 33.8. The van der Waals surface area contributed by atoms with E-state index in [1.54, 1.807) is 0 Å². The van der Waals surface area contributed by atoms with Crippen molar-refractivity contribution in [3.05, 3.63) is 24.3 Å². The summed E-state index contributed by atoms with van der Waals surface area (Å²) < 4.78 is 25.6. The molecule has 0 aliphatic rings. The minimum atomic E-state index is -3.50. The van der Waals surface area contributed by atoms with Crippen LogP contribution in [0.25, 0.3) is 0 Å². The van der Waals surface area contributed by atoms with Crippen molar-refractivity contribution in [2.75, 3.05) is 6.26 Å². The molecule has 0 spiro atoms. The molecule has 0 unspecified atom stereocenters.